The van der Waals surface area contributed by atoms with Crippen LogP contribution in [0.1, 0.15) is 58.9 Å². The van der Waals surface area contributed by atoms with Crippen LogP contribution in [0.25, 0.3) is 0 Å². The zero-order valence-corrected chi connectivity index (χ0v) is 18.4. The predicted octanol–water partition coefficient (Wildman–Crippen LogP) is 3.94. The number of hydrogen-bond donors (Lipinski definition) is 1. The van der Waals surface area contributed by atoms with Gasteiger partial charge in [-0.25, -0.2) is 9.59 Å². The van der Waals surface area contributed by atoms with Crippen LogP contribution in [0.5, 0.6) is 0 Å². The van der Waals surface area contributed by atoms with Gasteiger partial charge >= 0.3 is 12.2 Å². The minimum absolute atomic E-state index is 0.126. The Morgan fingerprint density at radius 1 is 1.17 bits per heavy atom. The normalized spacial score (nSPS) is 24.5. The zero-order valence-electron chi connectivity index (χ0n) is 18.4. The standard InChI is InChI=1S/C23H34N2O5/c1-5-9-19(26)20-18-13-12-17(25(18)22(28)30-23(2,3)4)14-24(20)21(27)29-15-16-10-7-6-8-11-16/h6-8,10-11,17-20,26H,5,9,12-15H2,1-4H3/t17-,18+,19+,20+/m1/s1. The molecule has 1 aromatic carbocycles. The highest BCUT2D eigenvalue weighted by atomic mass is 16.6. The largest absolute Gasteiger partial charge is 0.445 e. The van der Waals surface area contributed by atoms with Crippen molar-refractivity contribution in [3.63, 3.8) is 0 Å². The fourth-order valence-electron chi connectivity index (χ4n) is 4.51. The lowest BCUT2D eigenvalue weighted by molar-refractivity contribution is -0.0540. The van der Waals surface area contributed by atoms with Gasteiger partial charge in [-0.3, -0.25) is 9.80 Å². The number of nitrogens with zero attached hydrogens (tertiary/aromatic N) is 2. The molecule has 2 aliphatic heterocycles. The maximum absolute atomic E-state index is 13.0. The Bertz CT molecular complexity index is 733. The van der Waals surface area contributed by atoms with Crippen LogP contribution in [0, 0.1) is 0 Å². The molecule has 7 nitrogen and oxygen atoms in total. The number of likely N-dealkylation sites (tertiary alicyclic amines) is 1. The van der Waals surface area contributed by atoms with E-state index in [0.29, 0.717) is 13.0 Å². The molecule has 2 heterocycles. The van der Waals surface area contributed by atoms with Crippen LogP contribution in [0.4, 0.5) is 9.59 Å². The van der Waals surface area contributed by atoms with Crippen LogP contribution in [0.2, 0.25) is 0 Å². The first-order chi connectivity index (χ1) is 14.2. The number of carbonyl (C=O) groups is 2. The van der Waals surface area contributed by atoms with E-state index in [4.69, 9.17) is 9.47 Å². The summed E-state index contributed by atoms with van der Waals surface area (Å²) in [6, 6.07) is 8.62. The summed E-state index contributed by atoms with van der Waals surface area (Å²) < 4.78 is 11.2. The molecule has 0 spiro atoms. The average Bonchev–Trinajstić information content (AvgIpc) is 2.99. The first kappa shape index (κ1) is 22.4. The number of aliphatic hydroxyl groups is 1. The number of amides is 2. The third-order valence-corrected chi connectivity index (χ3v) is 5.73. The maximum Gasteiger partial charge on any atom is 0.410 e. The Hall–Kier alpha value is -2.28. The summed E-state index contributed by atoms with van der Waals surface area (Å²) in [5.41, 5.74) is 0.312. The molecule has 3 rings (SSSR count). The number of aliphatic hydroxyl groups excluding tert-OH is 1. The number of hydrogen-bond acceptors (Lipinski definition) is 5. The molecule has 0 unspecified atom stereocenters. The molecule has 30 heavy (non-hydrogen) atoms. The van der Waals surface area contributed by atoms with Crippen LogP contribution >= 0.6 is 0 Å². The smallest absolute Gasteiger partial charge is 0.410 e. The summed E-state index contributed by atoms with van der Waals surface area (Å²) in [5, 5.41) is 10.9. The van der Waals surface area contributed by atoms with Crippen molar-refractivity contribution < 1.29 is 24.2 Å². The monoisotopic (exact) mass is 418 g/mol. The Balaban J connectivity index is 1.77. The topological polar surface area (TPSA) is 79.3 Å². The van der Waals surface area contributed by atoms with E-state index in [0.717, 1.165) is 24.8 Å². The fourth-order valence-corrected chi connectivity index (χ4v) is 4.51. The van der Waals surface area contributed by atoms with Crippen molar-refractivity contribution in [2.45, 2.75) is 89.8 Å². The molecular weight excluding hydrogens is 384 g/mol. The van der Waals surface area contributed by atoms with E-state index in [1.807, 2.05) is 58.0 Å². The van der Waals surface area contributed by atoms with Gasteiger partial charge < -0.3 is 14.6 Å². The van der Waals surface area contributed by atoms with Crippen molar-refractivity contribution in [2.24, 2.45) is 0 Å². The van der Waals surface area contributed by atoms with Crippen molar-refractivity contribution in [1.82, 2.24) is 9.80 Å². The average molecular weight is 419 g/mol. The van der Waals surface area contributed by atoms with Crippen molar-refractivity contribution in [1.29, 1.82) is 0 Å². The Labute approximate surface area is 178 Å². The quantitative estimate of drug-likeness (QED) is 0.784. The number of piperazine rings is 1. The van der Waals surface area contributed by atoms with E-state index in [1.165, 1.54) is 0 Å². The van der Waals surface area contributed by atoms with E-state index >= 15 is 0 Å². The number of ether oxygens (including phenoxy) is 2. The number of fused-ring (bicyclic) bond motifs is 2. The highest BCUT2D eigenvalue weighted by molar-refractivity contribution is 5.72. The Morgan fingerprint density at radius 3 is 2.50 bits per heavy atom. The van der Waals surface area contributed by atoms with Gasteiger partial charge in [-0.05, 0) is 45.6 Å². The second kappa shape index (κ2) is 9.25. The van der Waals surface area contributed by atoms with E-state index in [-0.39, 0.29) is 24.8 Å². The van der Waals surface area contributed by atoms with Gasteiger partial charge in [0.1, 0.15) is 12.2 Å². The summed E-state index contributed by atoms with van der Waals surface area (Å²) in [7, 11) is 0. The van der Waals surface area contributed by atoms with Gasteiger partial charge in [0.15, 0.2) is 0 Å². The lowest BCUT2D eigenvalue weighted by Crippen LogP contribution is -2.66. The highest BCUT2D eigenvalue weighted by Gasteiger charge is 2.53. The molecule has 2 saturated heterocycles. The van der Waals surface area contributed by atoms with Gasteiger partial charge in [0.2, 0.25) is 0 Å². The SMILES string of the molecule is CCC[C@H](O)[C@@H]1[C@@H]2CC[C@H](CN1C(=O)OCc1ccccc1)N2C(=O)OC(C)(C)C. The first-order valence-corrected chi connectivity index (χ1v) is 10.9. The van der Waals surface area contributed by atoms with Gasteiger partial charge in [-0.2, -0.15) is 0 Å². The van der Waals surface area contributed by atoms with E-state index < -0.39 is 23.8 Å². The van der Waals surface area contributed by atoms with Crippen molar-refractivity contribution in [2.75, 3.05) is 6.54 Å². The predicted molar refractivity (Wildman–Crippen MR) is 113 cm³/mol. The molecule has 0 aromatic heterocycles. The molecule has 0 saturated carbocycles. The Kier molecular flexibility index (Phi) is 6.91. The maximum atomic E-state index is 13.0. The van der Waals surface area contributed by atoms with E-state index in [2.05, 4.69) is 0 Å². The third kappa shape index (κ3) is 5.06. The van der Waals surface area contributed by atoms with Gasteiger partial charge in [0.05, 0.1) is 24.2 Å². The number of carbonyl (C=O) groups excluding carboxylic acids is 2. The molecule has 4 atom stereocenters. The minimum Gasteiger partial charge on any atom is -0.445 e. The molecule has 1 N–H and O–H groups in total. The van der Waals surface area contributed by atoms with Crippen molar-refractivity contribution >= 4 is 12.2 Å². The summed E-state index contributed by atoms with van der Waals surface area (Å²) in [4.78, 5) is 29.2. The summed E-state index contributed by atoms with van der Waals surface area (Å²) >= 11 is 0. The summed E-state index contributed by atoms with van der Waals surface area (Å²) in [6.45, 7) is 8.04. The second-order valence-corrected chi connectivity index (χ2v) is 9.23. The molecule has 2 aliphatic rings. The van der Waals surface area contributed by atoms with E-state index in [1.54, 1.807) is 9.80 Å². The van der Waals surface area contributed by atoms with Crippen LogP contribution in [0.15, 0.2) is 30.3 Å². The molecule has 1 aromatic rings. The first-order valence-electron chi connectivity index (χ1n) is 10.9. The van der Waals surface area contributed by atoms with Crippen LogP contribution in [-0.4, -0.2) is 63.5 Å². The molecular formula is C23H34N2O5. The lowest BCUT2D eigenvalue weighted by atomic mass is 9.95. The molecule has 7 heteroatoms. The van der Waals surface area contributed by atoms with Gasteiger partial charge in [-0.1, -0.05) is 43.7 Å². The molecule has 2 bridgehead atoms. The van der Waals surface area contributed by atoms with Gasteiger partial charge in [0, 0.05) is 6.54 Å². The van der Waals surface area contributed by atoms with Crippen LogP contribution < -0.4 is 0 Å². The van der Waals surface area contributed by atoms with Crippen LogP contribution in [-0.2, 0) is 16.1 Å². The van der Waals surface area contributed by atoms with E-state index in [9.17, 15) is 14.7 Å². The van der Waals surface area contributed by atoms with Gasteiger partial charge in [-0.15, -0.1) is 0 Å². The molecule has 2 amide bonds. The molecule has 2 fully saturated rings. The van der Waals surface area contributed by atoms with Gasteiger partial charge in [0.25, 0.3) is 0 Å². The van der Waals surface area contributed by atoms with Crippen molar-refractivity contribution in [3.8, 4) is 0 Å². The van der Waals surface area contributed by atoms with Crippen molar-refractivity contribution in [3.05, 3.63) is 35.9 Å². The number of benzene rings is 1. The zero-order chi connectivity index (χ0) is 21.9. The Morgan fingerprint density at radius 2 is 1.87 bits per heavy atom. The lowest BCUT2D eigenvalue weighted by Gasteiger charge is -2.47. The molecule has 166 valence electrons. The molecule has 0 radical (unpaired) electrons. The van der Waals surface area contributed by atoms with Crippen LogP contribution in [0.3, 0.4) is 0 Å². The molecule has 0 aliphatic carbocycles. The second-order valence-electron chi connectivity index (χ2n) is 9.23. The third-order valence-electron chi connectivity index (χ3n) is 5.73. The minimum atomic E-state index is -0.728. The fraction of sp³-hybridized carbons (Fsp3) is 0.652. The summed E-state index contributed by atoms with van der Waals surface area (Å²) in [6.07, 6.45) is 1.30. The number of rotatable bonds is 5. The highest BCUT2D eigenvalue weighted by Crippen LogP contribution is 2.37. The summed E-state index contributed by atoms with van der Waals surface area (Å²) in [5.74, 6) is 0.